The summed E-state index contributed by atoms with van der Waals surface area (Å²) in [6.07, 6.45) is 15.8. The summed E-state index contributed by atoms with van der Waals surface area (Å²) in [4.78, 5) is 6.70. The van der Waals surface area contributed by atoms with Crippen molar-refractivity contribution in [1.82, 2.24) is 4.98 Å². The van der Waals surface area contributed by atoms with Gasteiger partial charge in [-0.3, -0.25) is 4.98 Å². The highest BCUT2D eigenvalue weighted by molar-refractivity contribution is 5.45. The highest BCUT2D eigenvalue weighted by Crippen LogP contribution is 2.56. The van der Waals surface area contributed by atoms with E-state index in [-0.39, 0.29) is 0 Å². The molecule has 1 aromatic rings. The molecule has 0 N–H and O–H groups in total. The van der Waals surface area contributed by atoms with Crippen molar-refractivity contribution in [2.45, 2.75) is 51.4 Å². The van der Waals surface area contributed by atoms with Crippen LogP contribution in [0, 0.1) is 17.3 Å². The van der Waals surface area contributed by atoms with E-state index in [2.05, 4.69) is 22.0 Å². The van der Waals surface area contributed by atoms with Gasteiger partial charge in [0.2, 0.25) is 0 Å². The van der Waals surface area contributed by atoms with Crippen LogP contribution in [0.5, 0.6) is 0 Å². The average Bonchev–Trinajstić information content (AvgIpc) is 2.86. The molecule has 1 aliphatic heterocycles. The van der Waals surface area contributed by atoms with E-state index in [9.17, 15) is 0 Å². The maximum atomic E-state index is 4.13. The number of nitrogens with zero attached hydrogens (tertiary/aromatic N) is 2. The number of aromatic nitrogens is 1. The zero-order valence-electron chi connectivity index (χ0n) is 12.4. The minimum Gasteiger partial charge on any atom is -0.371 e. The minimum atomic E-state index is 0.712. The Morgan fingerprint density at radius 1 is 0.950 bits per heavy atom. The summed E-state index contributed by atoms with van der Waals surface area (Å²) in [6.45, 7) is 2.51. The van der Waals surface area contributed by atoms with Gasteiger partial charge in [0.25, 0.3) is 0 Å². The lowest BCUT2D eigenvalue weighted by Gasteiger charge is -2.40. The zero-order chi connectivity index (χ0) is 13.4. The first kappa shape index (κ1) is 12.7. The van der Waals surface area contributed by atoms with E-state index in [4.69, 9.17) is 0 Å². The first-order valence-corrected chi connectivity index (χ1v) is 8.50. The van der Waals surface area contributed by atoms with Gasteiger partial charge in [-0.15, -0.1) is 0 Å². The molecule has 3 aliphatic rings. The molecular formula is C18H26N2. The van der Waals surface area contributed by atoms with Crippen molar-refractivity contribution < 1.29 is 0 Å². The number of anilines is 1. The maximum Gasteiger partial charge on any atom is 0.0397 e. The predicted octanol–water partition coefficient (Wildman–Crippen LogP) is 4.27. The molecule has 1 saturated heterocycles. The molecule has 2 aliphatic carbocycles. The highest BCUT2D eigenvalue weighted by atomic mass is 15.1. The van der Waals surface area contributed by atoms with Gasteiger partial charge in [-0.05, 0) is 55.1 Å². The van der Waals surface area contributed by atoms with E-state index >= 15 is 0 Å². The van der Waals surface area contributed by atoms with Crippen molar-refractivity contribution in [3.05, 3.63) is 24.5 Å². The second-order valence-electron chi connectivity index (χ2n) is 7.41. The maximum absolute atomic E-state index is 4.13. The molecule has 1 spiro atoms. The van der Waals surface area contributed by atoms with Crippen LogP contribution in [-0.4, -0.2) is 18.1 Å². The lowest BCUT2D eigenvalue weighted by Crippen LogP contribution is -2.39. The first-order chi connectivity index (χ1) is 9.85. The normalized spacial score (nSPS) is 32.3. The third-order valence-corrected chi connectivity index (χ3v) is 6.31. The molecule has 20 heavy (non-hydrogen) atoms. The summed E-state index contributed by atoms with van der Waals surface area (Å²) in [5, 5.41) is 0. The average molecular weight is 270 g/mol. The number of hydrogen-bond acceptors (Lipinski definition) is 2. The summed E-state index contributed by atoms with van der Waals surface area (Å²) in [6, 6.07) is 4.32. The monoisotopic (exact) mass is 270 g/mol. The van der Waals surface area contributed by atoms with Gasteiger partial charge in [0, 0.05) is 31.2 Å². The molecule has 4 rings (SSSR count). The van der Waals surface area contributed by atoms with Gasteiger partial charge in [0.1, 0.15) is 0 Å². The van der Waals surface area contributed by atoms with Crippen LogP contribution in [0.1, 0.15) is 51.4 Å². The second kappa shape index (κ2) is 5.05. The van der Waals surface area contributed by atoms with Crippen LogP contribution in [-0.2, 0) is 0 Å². The fourth-order valence-electron chi connectivity index (χ4n) is 5.22. The SMILES string of the molecule is c1cc(N2CCC3(CC2)CC2CCCCC2C3)ccn1. The molecule has 2 nitrogen and oxygen atoms in total. The van der Waals surface area contributed by atoms with Crippen LogP contribution in [0.25, 0.3) is 0 Å². The number of pyridine rings is 1. The van der Waals surface area contributed by atoms with Crippen molar-refractivity contribution in [3.8, 4) is 0 Å². The Hall–Kier alpha value is -1.05. The largest absolute Gasteiger partial charge is 0.371 e. The molecule has 3 fully saturated rings. The third kappa shape index (κ3) is 2.23. The van der Waals surface area contributed by atoms with Crippen LogP contribution in [0.4, 0.5) is 5.69 Å². The third-order valence-electron chi connectivity index (χ3n) is 6.31. The van der Waals surface area contributed by atoms with E-state index in [1.807, 2.05) is 12.4 Å². The van der Waals surface area contributed by atoms with E-state index in [0.29, 0.717) is 5.41 Å². The second-order valence-corrected chi connectivity index (χ2v) is 7.41. The summed E-state index contributed by atoms with van der Waals surface area (Å²) < 4.78 is 0. The molecule has 0 bridgehead atoms. The molecule has 2 atom stereocenters. The van der Waals surface area contributed by atoms with Crippen molar-refractivity contribution >= 4 is 5.69 Å². The minimum absolute atomic E-state index is 0.712. The Morgan fingerprint density at radius 3 is 2.15 bits per heavy atom. The molecule has 2 heterocycles. The Morgan fingerprint density at radius 2 is 1.55 bits per heavy atom. The van der Waals surface area contributed by atoms with Gasteiger partial charge >= 0.3 is 0 Å². The van der Waals surface area contributed by atoms with Crippen molar-refractivity contribution in [2.75, 3.05) is 18.0 Å². The van der Waals surface area contributed by atoms with Gasteiger partial charge in [0.05, 0.1) is 0 Å². The van der Waals surface area contributed by atoms with E-state index < -0.39 is 0 Å². The molecule has 1 aromatic heterocycles. The predicted molar refractivity (Wildman–Crippen MR) is 82.8 cm³/mol. The Balaban J connectivity index is 1.42. The standard InChI is InChI=1S/C18H26N2/c1-2-4-16-14-18(13-15(16)3-1)7-11-20(12-8-18)17-5-9-19-10-6-17/h5-6,9-10,15-16H,1-4,7-8,11-14H2. The van der Waals surface area contributed by atoms with Gasteiger partial charge < -0.3 is 4.90 Å². The van der Waals surface area contributed by atoms with Crippen molar-refractivity contribution in [3.63, 3.8) is 0 Å². The Kier molecular flexibility index (Phi) is 3.20. The summed E-state index contributed by atoms with van der Waals surface area (Å²) in [5.41, 5.74) is 2.08. The molecule has 0 aromatic carbocycles. The van der Waals surface area contributed by atoms with Crippen molar-refractivity contribution in [1.29, 1.82) is 0 Å². The van der Waals surface area contributed by atoms with Crippen LogP contribution in [0.2, 0.25) is 0 Å². The molecule has 2 unspecified atom stereocenters. The van der Waals surface area contributed by atoms with Gasteiger partial charge in [-0.1, -0.05) is 25.7 Å². The summed E-state index contributed by atoms with van der Waals surface area (Å²) in [5.74, 6) is 2.16. The fraction of sp³-hybridized carbons (Fsp3) is 0.722. The molecule has 108 valence electrons. The molecule has 0 amide bonds. The Labute approximate surface area is 122 Å². The van der Waals surface area contributed by atoms with Gasteiger partial charge in [-0.2, -0.15) is 0 Å². The molecular weight excluding hydrogens is 244 g/mol. The van der Waals surface area contributed by atoms with E-state index in [0.717, 1.165) is 11.8 Å². The van der Waals surface area contributed by atoms with Crippen molar-refractivity contribution in [2.24, 2.45) is 17.3 Å². The fourth-order valence-corrected chi connectivity index (χ4v) is 5.22. The van der Waals surface area contributed by atoms with Crippen LogP contribution in [0.3, 0.4) is 0 Å². The number of piperidine rings is 1. The topological polar surface area (TPSA) is 16.1 Å². The Bertz CT molecular complexity index is 432. The van der Waals surface area contributed by atoms with Gasteiger partial charge in [0.15, 0.2) is 0 Å². The van der Waals surface area contributed by atoms with E-state index in [1.54, 1.807) is 12.8 Å². The first-order valence-electron chi connectivity index (χ1n) is 8.50. The van der Waals surface area contributed by atoms with Crippen LogP contribution < -0.4 is 4.90 Å². The zero-order valence-corrected chi connectivity index (χ0v) is 12.4. The lowest BCUT2D eigenvalue weighted by molar-refractivity contribution is 0.214. The number of hydrogen-bond donors (Lipinski definition) is 0. The highest BCUT2D eigenvalue weighted by Gasteiger charge is 2.46. The quantitative estimate of drug-likeness (QED) is 0.757. The smallest absolute Gasteiger partial charge is 0.0397 e. The molecule has 0 radical (unpaired) electrons. The summed E-state index contributed by atoms with van der Waals surface area (Å²) >= 11 is 0. The molecule has 2 heteroatoms. The number of fused-ring (bicyclic) bond motifs is 1. The van der Waals surface area contributed by atoms with Crippen LogP contribution in [0.15, 0.2) is 24.5 Å². The summed E-state index contributed by atoms with van der Waals surface area (Å²) in [7, 11) is 0. The van der Waals surface area contributed by atoms with E-state index in [1.165, 1.54) is 57.3 Å². The van der Waals surface area contributed by atoms with Gasteiger partial charge in [-0.25, -0.2) is 0 Å². The molecule has 2 saturated carbocycles. The van der Waals surface area contributed by atoms with Crippen LogP contribution >= 0.6 is 0 Å². The number of rotatable bonds is 1. The lowest BCUT2D eigenvalue weighted by atomic mass is 9.76.